The first-order valence-corrected chi connectivity index (χ1v) is 21.4. The second-order valence-electron chi connectivity index (χ2n) is 9.77. The molecule has 0 amide bonds. The van der Waals surface area contributed by atoms with Gasteiger partial charge in [-0.2, -0.15) is 0 Å². The fourth-order valence-electron chi connectivity index (χ4n) is 5.42. The number of rotatable bonds is 9. The first-order valence-electron chi connectivity index (χ1n) is 14.2. The van der Waals surface area contributed by atoms with Gasteiger partial charge in [0, 0.05) is 11.1 Å². The topological polar surface area (TPSA) is 18.5 Å². The zero-order valence-electron chi connectivity index (χ0n) is 24.8. The van der Waals surface area contributed by atoms with Crippen molar-refractivity contribution in [2.24, 2.45) is 0 Å². The van der Waals surface area contributed by atoms with E-state index in [1.165, 1.54) is 31.8 Å². The Labute approximate surface area is 284 Å². The maximum atomic E-state index is 6.17. The van der Waals surface area contributed by atoms with Crippen molar-refractivity contribution in [1.82, 2.24) is 0 Å². The van der Waals surface area contributed by atoms with Gasteiger partial charge in [-0.1, -0.05) is 146 Å². The molecule has 0 spiro atoms. The van der Waals surface area contributed by atoms with Crippen molar-refractivity contribution in [2.45, 2.75) is 0 Å². The number of hydrogen-bond donors (Lipinski definition) is 0. The van der Waals surface area contributed by atoms with Crippen molar-refractivity contribution in [1.29, 1.82) is 0 Å². The van der Waals surface area contributed by atoms with Crippen LogP contribution >= 0.6 is 35.2 Å². The van der Waals surface area contributed by atoms with Gasteiger partial charge in [-0.05, 0) is 59.8 Å². The predicted molar refractivity (Wildman–Crippen MR) is 194 cm³/mol. The molecule has 0 bridgehead atoms. The monoisotopic (exact) mass is 754 g/mol. The number of benzene rings is 6. The van der Waals surface area contributed by atoms with Crippen LogP contribution in [0, 0.1) is 0 Å². The Kier molecular flexibility index (Phi) is 12.6. The first kappa shape index (κ1) is 33.3. The summed E-state index contributed by atoms with van der Waals surface area (Å²) in [6.07, 6.45) is 0. The van der Waals surface area contributed by atoms with Gasteiger partial charge in [0.25, 0.3) is 0 Å². The summed E-state index contributed by atoms with van der Waals surface area (Å²) in [5.74, 6) is 1.68. The van der Waals surface area contributed by atoms with Crippen LogP contribution < -0.4 is 41.3 Å². The van der Waals surface area contributed by atoms with Gasteiger partial charge in [-0.15, -0.1) is 0 Å². The summed E-state index contributed by atoms with van der Waals surface area (Å²) in [4.78, 5) is 0. The van der Waals surface area contributed by atoms with Gasteiger partial charge in [0.1, 0.15) is 11.5 Å². The van der Waals surface area contributed by atoms with Crippen LogP contribution in [0.25, 0.3) is 11.1 Å². The molecule has 6 aromatic carbocycles. The molecule has 0 saturated heterocycles. The molecule has 0 heterocycles. The van der Waals surface area contributed by atoms with Crippen molar-refractivity contribution in [3.8, 4) is 22.6 Å². The minimum atomic E-state index is -0.898. The third-order valence-corrected chi connectivity index (χ3v) is 12.2. The van der Waals surface area contributed by atoms with E-state index in [4.69, 9.17) is 28.9 Å². The van der Waals surface area contributed by atoms with Crippen LogP contribution in [0.5, 0.6) is 11.5 Å². The van der Waals surface area contributed by atoms with Crippen LogP contribution in [0.2, 0.25) is 0 Å². The summed E-state index contributed by atoms with van der Waals surface area (Å²) in [7, 11) is 11.4. The Hall–Kier alpha value is -3.02. The molecule has 228 valence electrons. The minimum absolute atomic E-state index is 0.346. The van der Waals surface area contributed by atoms with Crippen molar-refractivity contribution in [2.75, 3.05) is 14.2 Å². The van der Waals surface area contributed by atoms with Gasteiger partial charge in [0.05, 0.1) is 14.2 Å². The van der Waals surface area contributed by atoms with E-state index in [-0.39, 0.29) is 15.1 Å². The Bertz CT molecular complexity index is 1570. The molecule has 0 atom stereocenters. The van der Waals surface area contributed by atoms with E-state index in [2.05, 4.69) is 158 Å². The molecular formula is C38H32Cl2O2P2Ru. The van der Waals surface area contributed by atoms with E-state index in [9.17, 15) is 0 Å². The molecule has 0 saturated carbocycles. The fraction of sp³-hybridized carbons (Fsp3) is 0.0526. The van der Waals surface area contributed by atoms with E-state index in [0.717, 1.165) is 22.6 Å². The second-order valence-corrected chi connectivity index (χ2v) is 16.8. The van der Waals surface area contributed by atoms with Crippen LogP contribution in [-0.2, 0) is 15.1 Å². The van der Waals surface area contributed by atoms with E-state index < -0.39 is 15.8 Å². The molecule has 0 aliphatic heterocycles. The van der Waals surface area contributed by atoms with Crippen LogP contribution in [0.1, 0.15) is 0 Å². The summed E-state index contributed by atoms with van der Waals surface area (Å²) >= 11 is -0.346. The summed E-state index contributed by atoms with van der Waals surface area (Å²) < 4.78 is 12.3. The van der Waals surface area contributed by atoms with Gasteiger partial charge in [-0.25, -0.2) is 0 Å². The molecule has 45 heavy (non-hydrogen) atoms. The van der Waals surface area contributed by atoms with Gasteiger partial charge in [0.2, 0.25) is 0 Å². The number of methoxy groups -OCH3 is 2. The van der Waals surface area contributed by atoms with E-state index in [0.29, 0.717) is 0 Å². The molecule has 2 nitrogen and oxygen atoms in total. The van der Waals surface area contributed by atoms with E-state index >= 15 is 0 Å². The average Bonchev–Trinajstić information content (AvgIpc) is 3.11. The van der Waals surface area contributed by atoms with Gasteiger partial charge < -0.3 is 9.47 Å². The molecule has 6 rings (SSSR count). The molecule has 7 heteroatoms. The zero-order chi connectivity index (χ0) is 31.4. The van der Waals surface area contributed by atoms with Crippen molar-refractivity contribution >= 4 is 67.1 Å². The normalized spacial score (nSPS) is 10.8. The SMILES string of the molecule is COc1cccc(P(c2ccccc2)c2ccccc2)c1-c1c(OC)cccc1P(c1ccccc1)c1ccccc1.[Cl][Ru][Cl]. The first-order chi connectivity index (χ1) is 22.2. The average molecular weight is 755 g/mol. The van der Waals surface area contributed by atoms with E-state index in [1.54, 1.807) is 14.2 Å². The standard InChI is InChI=1S/C38H32O2P2.2ClH.Ru/c1-39-33-25-15-27-35(41(29-17-7-3-8-18-29)30-19-9-4-10-20-30)37(33)38-34(40-2)26-16-28-36(38)42(31-21-11-5-12-22-31)32-23-13-6-14-24-32;;;/h3-28H,1-2H3;2*1H;/q;;;+2/p-2. The summed E-state index contributed by atoms with van der Waals surface area (Å²) in [5.41, 5.74) is 2.18. The second kappa shape index (κ2) is 17.1. The molecule has 0 radical (unpaired) electrons. The van der Waals surface area contributed by atoms with Gasteiger partial charge in [-0.3, -0.25) is 0 Å². The van der Waals surface area contributed by atoms with Crippen LogP contribution in [0.3, 0.4) is 0 Å². The predicted octanol–water partition coefficient (Wildman–Crippen LogP) is 8.26. The number of hydrogen-bond acceptors (Lipinski definition) is 2. The van der Waals surface area contributed by atoms with Crippen molar-refractivity contribution in [3.05, 3.63) is 158 Å². The van der Waals surface area contributed by atoms with Crippen LogP contribution in [0.4, 0.5) is 0 Å². The van der Waals surface area contributed by atoms with Crippen LogP contribution in [0.15, 0.2) is 158 Å². The molecule has 0 N–H and O–H groups in total. The van der Waals surface area contributed by atoms with Crippen molar-refractivity contribution < 1.29 is 24.6 Å². The van der Waals surface area contributed by atoms with Crippen molar-refractivity contribution in [3.63, 3.8) is 0 Å². The third kappa shape index (κ3) is 7.87. The molecule has 0 aliphatic carbocycles. The molecule has 0 fully saturated rings. The van der Waals surface area contributed by atoms with Gasteiger partial charge in [0.15, 0.2) is 0 Å². The van der Waals surface area contributed by atoms with Crippen LogP contribution in [-0.4, -0.2) is 14.2 Å². The molecule has 0 aliphatic rings. The third-order valence-electron chi connectivity index (χ3n) is 7.24. The number of ether oxygens (including phenoxy) is 2. The zero-order valence-corrected chi connectivity index (χ0v) is 29.9. The molecular weight excluding hydrogens is 722 g/mol. The summed E-state index contributed by atoms with van der Waals surface area (Å²) in [5, 5.41) is 7.64. The molecule has 0 aromatic heterocycles. The summed E-state index contributed by atoms with van der Waals surface area (Å²) in [6.45, 7) is 0. The summed E-state index contributed by atoms with van der Waals surface area (Å²) in [6, 6.07) is 56.2. The maximum absolute atomic E-state index is 6.17. The molecule has 6 aromatic rings. The van der Waals surface area contributed by atoms with E-state index in [1.807, 2.05) is 0 Å². The quantitative estimate of drug-likeness (QED) is 0.109. The Morgan fingerprint density at radius 3 is 0.911 bits per heavy atom. The number of halogens is 2. The Morgan fingerprint density at radius 2 is 0.667 bits per heavy atom. The Balaban J connectivity index is 0.00000128. The Morgan fingerprint density at radius 1 is 0.400 bits per heavy atom. The molecule has 0 unspecified atom stereocenters. The van der Waals surface area contributed by atoms with Gasteiger partial charge >= 0.3 is 34.5 Å². The fourth-order valence-corrected chi connectivity index (χ4v) is 10.4.